The Hall–Kier alpha value is -2.73. The van der Waals surface area contributed by atoms with Crippen molar-refractivity contribution in [1.29, 1.82) is 0 Å². The van der Waals surface area contributed by atoms with Crippen LogP contribution in [0.25, 0.3) is 5.70 Å². The molecule has 1 saturated heterocycles. The zero-order valence-corrected chi connectivity index (χ0v) is 15.2. The lowest BCUT2D eigenvalue weighted by Crippen LogP contribution is -2.44. The molecule has 0 bridgehead atoms. The van der Waals surface area contributed by atoms with E-state index in [2.05, 4.69) is 39.5 Å². The maximum absolute atomic E-state index is 5.41. The number of nitrogens with one attached hydrogen (secondary N) is 1. The van der Waals surface area contributed by atoms with Gasteiger partial charge in [-0.15, -0.1) is 0 Å². The van der Waals surface area contributed by atoms with Gasteiger partial charge in [-0.2, -0.15) is 0 Å². The number of hydrogen-bond acceptors (Lipinski definition) is 6. The Balaban J connectivity index is 1.54. The third kappa shape index (κ3) is 3.20. The Morgan fingerprint density at radius 3 is 2.62 bits per heavy atom. The molecule has 6 nitrogen and oxygen atoms in total. The van der Waals surface area contributed by atoms with Gasteiger partial charge in [0.25, 0.3) is 0 Å². The number of piperazine rings is 1. The minimum Gasteiger partial charge on any atom is -0.493 e. The van der Waals surface area contributed by atoms with Gasteiger partial charge in [0.05, 0.1) is 25.6 Å². The Morgan fingerprint density at radius 2 is 1.85 bits per heavy atom. The maximum atomic E-state index is 5.41. The Labute approximate surface area is 154 Å². The molecule has 26 heavy (non-hydrogen) atoms. The van der Waals surface area contributed by atoms with Crippen molar-refractivity contribution in [2.75, 3.05) is 46.9 Å². The third-order valence-electron chi connectivity index (χ3n) is 4.86. The van der Waals surface area contributed by atoms with Gasteiger partial charge in [-0.25, -0.2) is 4.99 Å². The predicted molar refractivity (Wildman–Crippen MR) is 103 cm³/mol. The zero-order valence-electron chi connectivity index (χ0n) is 15.2. The van der Waals surface area contributed by atoms with Crippen LogP contribution in [0.1, 0.15) is 5.56 Å². The largest absolute Gasteiger partial charge is 0.493 e. The van der Waals surface area contributed by atoms with Crippen LogP contribution in [0.5, 0.6) is 11.5 Å². The molecule has 0 aromatic heterocycles. The van der Waals surface area contributed by atoms with Crippen molar-refractivity contribution >= 4 is 11.5 Å². The molecule has 0 saturated carbocycles. The van der Waals surface area contributed by atoms with E-state index in [9.17, 15) is 0 Å². The first-order chi connectivity index (χ1) is 12.8. The van der Waals surface area contributed by atoms with Gasteiger partial charge in [-0.3, -0.25) is 0 Å². The molecule has 1 aromatic rings. The fourth-order valence-electron chi connectivity index (χ4n) is 3.41. The van der Waals surface area contributed by atoms with E-state index in [1.54, 1.807) is 14.2 Å². The van der Waals surface area contributed by atoms with E-state index in [0.29, 0.717) is 5.75 Å². The van der Waals surface area contributed by atoms with Crippen molar-refractivity contribution in [2.24, 2.45) is 4.99 Å². The molecule has 0 spiro atoms. The summed E-state index contributed by atoms with van der Waals surface area (Å²) in [7, 11) is 3.29. The molecule has 1 aromatic carbocycles. The number of nitrogens with zero attached hydrogens (tertiary/aromatic N) is 3. The summed E-state index contributed by atoms with van der Waals surface area (Å²) >= 11 is 0. The first kappa shape index (κ1) is 16.7. The van der Waals surface area contributed by atoms with Crippen LogP contribution in [0.4, 0.5) is 0 Å². The normalized spacial score (nSPS) is 19.4. The molecule has 6 heteroatoms. The zero-order chi connectivity index (χ0) is 17.9. The minimum absolute atomic E-state index is 0.716. The number of aliphatic imine (C=N–C) groups is 1. The van der Waals surface area contributed by atoms with Gasteiger partial charge in [-0.1, -0.05) is 0 Å². The molecule has 4 rings (SSSR count). The van der Waals surface area contributed by atoms with Crippen molar-refractivity contribution in [3.8, 4) is 11.5 Å². The summed E-state index contributed by atoms with van der Waals surface area (Å²) < 4.78 is 10.7. The van der Waals surface area contributed by atoms with Crippen molar-refractivity contribution in [3.63, 3.8) is 0 Å². The standard InChI is InChI=1S/C20H24N4O2/c1-25-18-5-3-15(13-19(18)26-2)17-7-10-24-14-16(4-6-20(24)22-17)23-11-8-21-9-12-23/h3-7,13-14,21H,8-12H2,1-2H3. The molecule has 0 aliphatic carbocycles. The number of benzene rings is 1. The predicted octanol–water partition coefficient (Wildman–Crippen LogP) is 2.08. The van der Waals surface area contributed by atoms with E-state index in [0.717, 1.165) is 55.6 Å². The van der Waals surface area contributed by atoms with Gasteiger partial charge in [0.15, 0.2) is 11.5 Å². The highest BCUT2D eigenvalue weighted by Crippen LogP contribution is 2.32. The molecule has 3 aliphatic heterocycles. The summed E-state index contributed by atoms with van der Waals surface area (Å²) in [6, 6.07) is 5.90. The van der Waals surface area contributed by atoms with E-state index in [1.165, 1.54) is 5.70 Å². The van der Waals surface area contributed by atoms with E-state index in [4.69, 9.17) is 14.5 Å². The van der Waals surface area contributed by atoms with E-state index in [-0.39, 0.29) is 0 Å². The number of allylic oxidation sites excluding steroid dienone is 1. The summed E-state index contributed by atoms with van der Waals surface area (Å²) in [5.74, 6) is 2.41. The fraction of sp³-hybridized carbons (Fsp3) is 0.350. The number of methoxy groups -OCH3 is 2. The van der Waals surface area contributed by atoms with Crippen LogP contribution in [0.15, 0.2) is 53.3 Å². The van der Waals surface area contributed by atoms with Crippen LogP contribution in [0, 0.1) is 0 Å². The topological polar surface area (TPSA) is 49.3 Å². The second kappa shape index (κ2) is 7.25. The van der Waals surface area contributed by atoms with Crippen molar-refractivity contribution < 1.29 is 9.47 Å². The van der Waals surface area contributed by atoms with Crippen LogP contribution in [0.2, 0.25) is 0 Å². The van der Waals surface area contributed by atoms with Crippen molar-refractivity contribution in [2.45, 2.75) is 0 Å². The minimum atomic E-state index is 0.716. The highest BCUT2D eigenvalue weighted by atomic mass is 16.5. The van der Waals surface area contributed by atoms with Gasteiger partial charge >= 0.3 is 0 Å². The van der Waals surface area contributed by atoms with Gasteiger partial charge in [0.1, 0.15) is 5.84 Å². The Bertz CT molecular complexity index is 804. The first-order valence-corrected chi connectivity index (χ1v) is 8.92. The number of fused-ring (bicyclic) bond motifs is 1. The maximum Gasteiger partial charge on any atom is 0.161 e. The second-order valence-electron chi connectivity index (χ2n) is 6.41. The Kier molecular flexibility index (Phi) is 4.67. The van der Waals surface area contributed by atoms with Crippen molar-refractivity contribution in [3.05, 3.63) is 53.9 Å². The molecule has 0 amide bonds. The number of ether oxygens (including phenoxy) is 2. The monoisotopic (exact) mass is 352 g/mol. The van der Waals surface area contributed by atoms with Crippen LogP contribution in [-0.4, -0.2) is 62.6 Å². The van der Waals surface area contributed by atoms with Crippen molar-refractivity contribution in [1.82, 2.24) is 15.1 Å². The number of hydrogen-bond donors (Lipinski definition) is 1. The molecule has 0 atom stereocenters. The number of rotatable bonds is 4. The summed E-state index contributed by atoms with van der Waals surface area (Å²) in [5, 5.41) is 3.39. The van der Waals surface area contributed by atoms with Gasteiger partial charge in [0.2, 0.25) is 0 Å². The van der Waals surface area contributed by atoms with Crippen LogP contribution in [-0.2, 0) is 0 Å². The lowest BCUT2D eigenvalue weighted by molar-refractivity contribution is 0.302. The van der Waals surface area contributed by atoms with Crippen LogP contribution in [0.3, 0.4) is 0 Å². The van der Waals surface area contributed by atoms with E-state index < -0.39 is 0 Å². The smallest absolute Gasteiger partial charge is 0.161 e. The first-order valence-electron chi connectivity index (χ1n) is 8.92. The molecular weight excluding hydrogens is 328 g/mol. The molecule has 0 unspecified atom stereocenters. The number of amidine groups is 1. The van der Waals surface area contributed by atoms with Gasteiger partial charge < -0.3 is 24.6 Å². The molecule has 0 radical (unpaired) electrons. The molecular formula is C20H24N4O2. The molecule has 3 aliphatic rings. The lowest BCUT2D eigenvalue weighted by Gasteiger charge is -2.34. The van der Waals surface area contributed by atoms with Gasteiger partial charge in [-0.05, 0) is 36.4 Å². The molecule has 3 heterocycles. The quantitative estimate of drug-likeness (QED) is 0.899. The molecule has 1 N–H and O–H groups in total. The van der Waals surface area contributed by atoms with Crippen LogP contribution < -0.4 is 14.8 Å². The summed E-state index contributed by atoms with van der Waals surface area (Å²) in [5.41, 5.74) is 3.24. The average Bonchev–Trinajstić information content (AvgIpc) is 2.73. The highest BCUT2D eigenvalue weighted by Gasteiger charge is 2.20. The third-order valence-corrected chi connectivity index (χ3v) is 4.86. The van der Waals surface area contributed by atoms with E-state index >= 15 is 0 Å². The summed E-state index contributed by atoms with van der Waals surface area (Å²) in [6.07, 6.45) is 8.62. The summed E-state index contributed by atoms with van der Waals surface area (Å²) in [6.45, 7) is 4.97. The fourth-order valence-corrected chi connectivity index (χ4v) is 3.41. The second-order valence-corrected chi connectivity index (χ2v) is 6.41. The van der Waals surface area contributed by atoms with E-state index in [1.807, 2.05) is 18.2 Å². The summed E-state index contributed by atoms with van der Waals surface area (Å²) in [4.78, 5) is 9.44. The molecule has 136 valence electrons. The van der Waals surface area contributed by atoms with Gasteiger partial charge in [0, 0.05) is 44.5 Å². The van der Waals surface area contributed by atoms with Crippen LogP contribution >= 0.6 is 0 Å². The highest BCUT2D eigenvalue weighted by molar-refractivity contribution is 6.00. The molecule has 1 fully saturated rings. The lowest BCUT2D eigenvalue weighted by atomic mass is 10.1. The SMILES string of the molecule is COc1ccc(C2=CCN3C=C(N4CCNCC4)C=CC3=N2)cc1OC. The average molecular weight is 352 g/mol. The Morgan fingerprint density at radius 1 is 1.04 bits per heavy atom.